The van der Waals surface area contributed by atoms with Crippen LogP contribution < -0.4 is 10.2 Å². The molecule has 4 nitrogen and oxygen atoms in total. The van der Waals surface area contributed by atoms with Crippen molar-refractivity contribution >= 4 is 11.9 Å². The van der Waals surface area contributed by atoms with Crippen LogP contribution in [0.5, 0.6) is 0 Å². The van der Waals surface area contributed by atoms with Gasteiger partial charge in [0, 0.05) is 23.8 Å². The van der Waals surface area contributed by atoms with Gasteiger partial charge in [-0.15, -0.1) is 0 Å². The van der Waals surface area contributed by atoms with E-state index in [-0.39, 0.29) is 0 Å². The zero-order valence-electron chi connectivity index (χ0n) is 5.79. The summed E-state index contributed by atoms with van der Waals surface area (Å²) in [7, 11) is 0. The molecule has 0 heterocycles. The van der Waals surface area contributed by atoms with Crippen molar-refractivity contribution < 1.29 is 19.8 Å². The maximum absolute atomic E-state index is 10.0. The SMILES string of the molecule is C[C@H](C(=O)[O-])[C@@H](C)C(=O)[O-]. The van der Waals surface area contributed by atoms with Gasteiger partial charge in [-0.1, -0.05) is 13.8 Å². The predicted molar refractivity (Wildman–Crippen MR) is 28.3 cm³/mol. The Morgan fingerprint density at radius 2 is 1.20 bits per heavy atom. The molecule has 2 atom stereocenters. The fraction of sp³-hybridized carbons (Fsp3) is 0.667. The molecule has 0 saturated heterocycles. The van der Waals surface area contributed by atoms with Crippen LogP contribution in [0, 0.1) is 11.8 Å². The summed E-state index contributed by atoms with van der Waals surface area (Å²) in [5.41, 5.74) is 0. The Bertz CT molecular complexity index is 134. The smallest absolute Gasteiger partial charge is 0.0448 e. The number of hydrogen-bond acceptors (Lipinski definition) is 4. The van der Waals surface area contributed by atoms with Gasteiger partial charge in [0.15, 0.2) is 0 Å². The number of hydrogen-bond donors (Lipinski definition) is 0. The highest BCUT2D eigenvalue weighted by Crippen LogP contribution is 2.07. The van der Waals surface area contributed by atoms with E-state index in [1.807, 2.05) is 0 Å². The lowest BCUT2D eigenvalue weighted by molar-refractivity contribution is -0.325. The molecule has 0 bridgehead atoms. The monoisotopic (exact) mass is 144 g/mol. The quantitative estimate of drug-likeness (QED) is 0.448. The van der Waals surface area contributed by atoms with Gasteiger partial charge in [-0.05, 0) is 0 Å². The third-order valence-corrected chi connectivity index (χ3v) is 1.49. The van der Waals surface area contributed by atoms with E-state index < -0.39 is 23.8 Å². The van der Waals surface area contributed by atoms with Crippen LogP contribution in [-0.2, 0) is 9.59 Å². The molecule has 0 amide bonds. The second-order valence-corrected chi connectivity index (χ2v) is 2.22. The molecule has 0 aliphatic carbocycles. The standard InChI is InChI=1S/C6H10O4/c1-3(5(7)8)4(2)6(9)10/h3-4H,1-2H3,(H,7,8)(H,9,10)/p-2/t3-,4+. The molecule has 10 heavy (non-hydrogen) atoms. The van der Waals surface area contributed by atoms with Crippen LogP contribution >= 0.6 is 0 Å². The summed E-state index contributed by atoms with van der Waals surface area (Å²) in [6.07, 6.45) is 0. The van der Waals surface area contributed by atoms with Crippen molar-refractivity contribution in [2.75, 3.05) is 0 Å². The maximum atomic E-state index is 10.0. The lowest BCUT2D eigenvalue weighted by Crippen LogP contribution is -2.41. The predicted octanol–water partition coefficient (Wildman–Crippen LogP) is -2.24. The summed E-state index contributed by atoms with van der Waals surface area (Å²) in [5.74, 6) is -4.72. The van der Waals surface area contributed by atoms with Crippen molar-refractivity contribution in [2.24, 2.45) is 11.8 Å². The van der Waals surface area contributed by atoms with E-state index in [0.717, 1.165) is 0 Å². The molecule has 58 valence electrons. The molecule has 0 unspecified atom stereocenters. The number of carbonyl (C=O) groups is 2. The number of aliphatic carboxylic acids is 2. The van der Waals surface area contributed by atoms with Crippen LogP contribution in [0.1, 0.15) is 13.8 Å². The van der Waals surface area contributed by atoms with Crippen LogP contribution in [-0.4, -0.2) is 11.9 Å². The van der Waals surface area contributed by atoms with Gasteiger partial charge >= 0.3 is 0 Å². The Kier molecular flexibility index (Phi) is 2.86. The highest BCUT2D eigenvalue weighted by molar-refractivity contribution is 5.77. The Hall–Kier alpha value is -1.06. The summed E-state index contributed by atoms with van der Waals surface area (Å²) >= 11 is 0. The molecule has 0 radical (unpaired) electrons. The fourth-order valence-electron chi connectivity index (χ4n) is 0.408. The van der Waals surface area contributed by atoms with Gasteiger partial charge < -0.3 is 19.8 Å². The average Bonchev–Trinajstić information content (AvgIpc) is 1.84. The lowest BCUT2D eigenvalue weighted by atomic mass is 9.97. The van der Waals surface area contributed by atoms with Crippen molar-refractivity contribution in [1.82, 2.24) is 0 Å². The van der Waals surface area contributed by atoms with Gasteiger partial charge in [0.1, 0.15) is 0 Å². The van der Waals surface area contributed by atoms with Gasteiger partial charge in [-0.25, -0.2) is 0 Å². The van der Waals surface area contributed by atoms with Gasteiger partial charge in [0.25, 0.3) is 0 Å². The first-order valence-electron chi connectivity index (χ1n) is 2.88. The van der Waals surface area contributed by atoms with E-state index >= 15 is 0 Å². The number of rotatable bonds is 3. The van der Waals surface area contributed by atoms with Crippen molar-refractivity contribution in [3.63, 3.8) is 0 Å². The molecule has 0 aliphatic heterocycles. The van der Waals surface area contributed by atoms with Gasteiger partial charge in [0.2, 0.25) is 0 Å². The highest BCUT2D eigenvalue weighted by Gasteiger charge is 2.13. The summed E-state index contributed by atoms with van der Waals surface area (Å²) in [5, 5.41) is 20.1. The molecule has 0 fully saturated rings. The minimum atomic E-state index is -1.36. The Labute approximate surface area is 58.5 Å². The lowest BCUT2D eigenvalue weighted by Gasteiger charge is -2.20. The van der Waals surface area contributed by atoms with E-state index in [9.17, 15) is 19.8 Å². The van der Waals surface area contributed by atoms with Crippen molar-refractivity contribution in [2.45, 2.75) is 13.8 Å². The van der Waals surface area contributed by atoms with Crippen LogP contribution in [0.25, 0.3) is 0 Å². The summed E-state index contributed by atoms with van der Waals surface area (Å²) in [6, 6.07) is 0. The van der Waals surface area contributed by atoms with Crippen LogP contribution in [0.15, 0.2) is 0 Å². The topological polar surface area (TPSA) is 80.3 Å². The van der Waals surface area contributed by atoms with Crippen molar-refractivity contribution in [3.05, 3.63) is 0 Å². The fourth-order valence-corrected chi connectivity index (χ4v) is 0.408. The summed E-state index contributed by atoms with van der Waals surface area (Å²) in [6.45, 7) is 2.55. The molecule has 0 aromatic rings. The molecule has 4 heteroatoms. The third-order valence-electron chi connectivity index (χ3n) is 1.49. The second kappa shape index (κ2) is 3.20. The van der Waals surface area contributed by atoms with Gasteiger partial charge in [-0.2, -0.15) is 0 Å². The highest BCUT2D eigenvalue weighted by atomic mass is 16.4. The number of carboxylic acids is 2. The molecule has 0 N–H and O–H groups in total. The Morgan fingerprint density at radius 3 is 1.30 bits per heavy atom. The largest absolute Gasteiger partial charge is 0.550 e. The molecule has 0 rings (SSSR count). The number of carbonyl (C=O) groups excluding carboxylic acids is 2. The minimum absolute atomic E-state index is 0.995. The second-order valence-electron chi connectivity index (χ2n) is 2.22. The average molecular weight is 144 g/mol. The van der Waals surface area contributed by atoms with E-state index in [0.29, 0.717) is 0 Å². The molecule has 0 aliphatic rings. The number of carboxylic acid groups (broad SMARTS) is 2. The zero-order chi connectivity index (χ0) is 8.31. The minimum Gasteiger partial charge on any atom is -0.550 e. The Morgan fingerprint density at radius 1 is 1.00 bits per heavy atom. The summed E-state index contributed by atoms with van der Waals surface area (Å²) in [4.78, 5) is 20.1. The summed E-state index contributed by atoms with van der Waals surface area (Å²) < 4.78 is 0. The van der Waals surface area contributed by atoms with Crippen LogP contribution in [0.2, 0.25) is 0 Å². The van der Waals surface area contributed by atoms with Crippen molar-refractivity contribution in [3.8, 4) is 0 Å². The molecule has 0 aromatic carbocycles. The van der Waals surface area contributed by atoms with Gasteiger partial charge in [0.05, 0.1) is 0 Å². The van der Waals surface area contributed by atoms with Crippen LogP contribution in [0.4, 0.5) is 0 Å². The normalized spacial score (nSPS) is 15.8. The van der Waals surface area contributed by atoms with E-state index in [1.54, 1.807) is 0 Å². The molecular weight excluding hydrogens is 136 g/mol. The first kappa shape index (κ1) is 8.94. The molecule has 0 aromatic heterocycles. The van der Waals surface area contributed by atoms with E-state index in [2.05, 4.69) is 0 Å². The van der Waals surface area contributed by atoms with E-state index in [1.165, 1.54) is 13.8 Å². The van der Waals surface area contributed by atoms with E-state index in [4.69, 9.17) is 0 Å². The third kappa shape index (κ3) is 2.05. The molecular formula is C6H8O4-2. The molecule has 0 spiro atoms. The maximum Gasteiger partial charge on any atom is 0.0448 e. The molecule has 0 saturated carbocycles. The van der Waals surface area contributed by atoms with Gasteiger partial charge in [-0.3, -0.25) is 0 Å². The zero-order valence-corrected chi connectivity index (χ0v) is 5.79. The first-order chi connectivity index (χ1) is 4.46. The van der Waals surface area contributed by atoms with Crippen molar-refractivity contribution in [1.29, 1.82) is 0 Å². The Balaban J connectivity index is 4.07. The van der Waals surface area contributed by atoms with Crippen LogP contribution in [0.3, 0.4) is 0 Å². The first-order valence-corrected chi connectivity index (χ1v) is 2.88.